The van der Waals surface area contributed by atoms with Gasteiger partial charge in [-0.05, 0) is 38.1 Å². The Morgan fingerprint density at radius 2 is 2.10 bits per heavy atom. The van der Waals surface area contributed by atoms with Gasteiger partial charge in [-0.25, -0.2) is 0 Å². The van der Waals surface area contributed by atoms with Crippen molar-refractivity contribution in [1.29, 1.82) is 0 Å². The number of rotatable bonds is 5. The molecule has 2 unspecified atom stereocenters. The molecule has 0 aromatic heterocycles. The number of benzene rings is 1. The second-order valence-corrected chi connectivity index (χ2v) is 5.90. The molecular formula is C15H20ClF2NO2. The number of aliphatic hydroxyl groups excluding tert-OH is 1. The number of alkyl halides is 2. The Balaban J connectivity index is 2.11. The number of likely N-dealkylation sites (N-methyl/N-ethyl adjacent to an activating group) is 1. The molecule has 0 amide bonds. The molecule has 6 heteroatoms. The summed E-state index contributed by atoms with van der Waals surface area (Å²) in [5, 5.41) is 10.5. The molecule has 0 radical (unpaired) electrons. The Labute approximate surface area is 128 Å². The summed E-state index contributed by atoms with van der Waals surface area (Å²) in [5.74, 6) is 0.131. The molecule has 118 valence electrons. The molecule has 1 aliphatic rings. The van der Waals surface area contributed by atoms with Crippen molar-refractivity contribution in [3.63, 3.8) is 0 Å². The summed E-state index contributed by atoms with van der Waals surface area (Å²) in [5.41, 5.74) is 0.600. The van der Waals surface area contributed by atoms with Gasteiger partial charge in [0, 0.05) is 23.2 Å². The van der Waals surface area contributed by atoms with Gasteiger partial charge in [0.25, 0.3) is 0 Å². The van der Waals surface area contributed by atoms with Gasteiger partial charge in [0.1, 0.15) is 5.75 Å². The van der Waals surface area contributed by atoms with Crippen LogP contribution < -0.4 is 4.74 Å². The Morgan fingerprint density at radius 1 is 1.38 bits per heavy atom. The highest BCUT2D eigenvalue weighted by molar-refractivity contribution is 6.30. The van der Waals surface area contributed by atoms with Gasteiger partial charge in [0.05, 0.1) is 6.10 Å². The number of nitrogens with zero attached hydrogens (tertiary/aromatic N) is 1. The lowest BCUT2D eigenvalue weighted by atomic mass is 9.91. The average molecular weight is 320 g/mol. The minimum absolute atomic E-state index is 0.0390. The van der Waals surface area contributed by atoms with Crippen LogP contribution in [0.3, 0.4) is 0 Å². The van der Waals surface area contributed by atoms with E-state index in [0.717, 1.165) is 25.7 Å². The lowest BCUT2D eigenvalue weighted by molar-refractivity contribution is -0.0511. The number of hydrogen-bond donors (Lipinski definition) is 1. The fraction of sp³-hybridized carbons (Fsp3) is 0.600. The van der Waals surface area contributed by atoms with Gasteiger partial charge in [-0.2, -0.15) is 8.78 Å². The van der Waals surface area contributed by atoms with Crippen LogP contribution in [0, 0.1) is 0 Å². The zero-order valence-electron chi connectivity index (χ0n) is 11.9. The fourth-order valence-electron chi connectivity index (χ4n) is 2.87. The maximum absolute atomic E-state index is 12.4. The summed E-state index contributed by atoms with van der Waals surface area (Å²) >= 11 is 5.94. The third kappa shape index (κ3) is 4.53. The molecule has 1 aliphatic carbocycles. The van der Waals surface area contributed by atoms with E-state index in [9.17, 15) is 13.9 Å². The first kappa shape index (κ1) is 16.5. The average Bonchev–Trinajstić information content (AvgIpc) is 2.42. The van der Waals surface area contributed by atoms with Gasteiger partial charge in [-0.15, -0.1) is 0 Å². The van der Waals surface area contributed by atoms with Crippen molar-refractivity contribution < 1.29 is 18.6 Å². The smallest absolute Gasteiger partial charge is 0.387 e. The van der Waals surface area contributed by atoms with E-state index in [1.54, 1.807) is 6.07 Å². The van der Waals surface area contributed by atoms with Gasteiger partial charge in [0.2, 0.25) is 0 Å². The summed E-state index contributed by atoms with van der Waals surface area (Å²) in [7, 11) is 1.88. The monoisotopic (exact) mass is 319 g/mol. The van der Waals surface area contributed by atoms with E-state index in [2.05, 4.69) is 4.74 Å². The van der Waals surface area contributed by atoms with E-state index in [-0.39, 0.29) is 17.9 Å². The minimum Gasteiger partial charge on any atom is -0.434 e. The predicted molar refractivity (Wildman–Crippen MR) is 77.8 cm³/mol. The molecule has 0 bridgehead atoms. The summed E-state index contributed by atoms with van der Waals surface area (Å²) in [6.45, 7) is -2.46. The van der Waals surface area contributed by atoms with Gasteiger partial charge >= 0.3 is 6.61 Å². The molecule has 2 rings (SSSR count). The van der Waals surface area contributed by atoms with Crippen LogP contribution in [0.2, 0.25) is 5.02 Å². The van der Waals surface area contributed by atoms with E-state index in [4.69, 9.17) is 11.6 Å². The van der Waals surface area contributed by atoms with E-state index in [0.29, 0.717) is 17.1 Å². The van der Waals surface area contributed by atoms with Gasteiger partial charge in [-0.3, -0.25) is 4.90 Å². The highest BCUT2D eigenvalue weighted by Crippen LogP contribution is 2.28. The third-order valence-electron chi connectivity index (χ3n) is 3.92. The largest absolute Gasteiger partial charge is 0.434 e. The molecule has 0 saturated heterocycles. The zero-order chi connectivity index (χ0) is 15.4. The van der Waals surface area contributed by atoms with E-state index in [1.807, 2.05) is 11.9 Å². The molecule has 1 aromatic rings. The van der Waals surface area contributed by atoms with Crippen LogP contribution in [0.1, 0.15) is 31.2 Å². The maximum atomic E-state index is 12.4. The maximum Gasteiger partial charge on any atom is 0.387 e. The van der Waals surface area contributed by atoms with Crippen molar-refractivity contribution in [2.45, 2.75) is 51.0 Å². The molecule has 1 N–H and O–H groups in total. The van der Waals surface area contributed by atoms with E-state index in [1.165, 1.54) is 12.1 Å². The van der Waals surface area contributed by atoms with Crippen molar-refractivity contribution in [2.24, 2.45) is 0 Å². The third-order valence-corrected chi connectivity index (χ3v) is 4.15. The van der Waals surface area contributed by atoms with Crippen LogP contribution in [-0.2, 0) is 6.54 Å². The summed E-state index contributed by atoms with van der Waals surface area (Å²) in [6.07, 6.45) is 3.42. The first-order chi connectivity index (χ1) is 9.97. The van der Waals surface area contributed by atoms with Gasteiger partial charge in [0.15, 0.2) is 0 Å². The summed E-state index contributed by atoms with van der Waals surface area (Å²) < 4.78 is 29.4. The molecule has 3 nitrogen and oxygen atoms in total. The van der Waals surface area contributed by atoms with Crippen molar-refractivity contribution in [2.75, 3.05) is 7.05 Å². The highest BCUT2D eigenvalue weighted by atomic mass is 35.5. The SMILES string of the molecule is CN(Cc1cc(Cl)ccc1OC(F)F)C1CCCCC1O. The minimum atomic E-state index is -2.87. The number of halogens is 3. The molecule has 21 heavy (non-hydrogen) atoms. The van der Waals surface area contributed by atoms with E-state index < -0.39 is 6.61 Å². The fourth-order valence-corrected chi connectivity index (χ4v) is 3.07. The first-order valence-corrected chi connectivity index (χ1v) is 7.46. The molecule has 0 aliphatic heterocycles. The normalized spacial score (nSPS) is 22.8. The van der Waals surface area contributed by atoms with Crippen molar-refractivity contribution >= 4 is 11.6 Å². The molecule has 2 atom stereocenters. The van der Waals surface area contributed by atoms with Crippen molar-refractivity contribution in [1.82, 2.24) is 4.90 Å². The second-order valence-electron chi connectivity index (χ2n) is 5.46. The van der Waals surface area contributed by atoms with Crippen molar-refractivity contribution in [3.05, 3.63) is 28.8 Å². The van der Waals surface area contributed by atoms with Crippen LogP contribution in [-0.4, -0.2) is 35.8 Å². The molecular weight excluding hydrogens is 300 g/mol. The molecule has 0 spiro atoms. The van der Waals surface area contributed by atoms with Crippen LogP contribution in [0.5, 0.6) is 5.75 Å². The quantitative estimate of drug-likeness (QED) is 0.898. The second kappa shape index (κ2) is 7.38. The van der Waals surface area contributed by atoms with Crippen LogP contribution in [0.25, 0.3) is 0 Å². The Morgan fingerprint density at radius 3 is 2.76 bits per heavy atom. The van der Waals surface area contributed by atoms with E-state index >= 15 is 0 Å². The standard InChI is InChI=1S/C15H20ClF2NO2/c1-19(12-4-2-3-5-13(12)20)9-10-8-11(16)6-7-14(10)21-15(17)18/h6-8,12-13,15,20H,2-5,9H2,1H3. The summed E-state index contributed by atoms with van der Waals surface area (Å²) in [4.78, 5) is 1.98. The Hall–Kier alpha value is -0.910. The van der Waals surface area contributed by atoms with Crippen LogP contribution >= 0.6 is 11.6 Å². The van der Waals surface area contributed by atoms with Crippen LogP contribution in [0.4, 0.5) is 8.78 Å². The zero-order valence-corrected chi connectivity index (χ0v) is 12.7. The number of aliphatic hydroxyl groups is 1. The molecule has 1 saturated carbocycles. The predicted octanol–water partition coefficient (Wildman–Crippen LogP) is 3.68. The molecule has 1 aromatic carbocycles. The number of hydrogen-bond acceptors (Lipinski definition) is 3. The van der Waals surface area contributed by atoms with Crippen molar-refractivity contribution in [3.8, 4) is 5.75 Å². The van der Waals surface area contributed by atoms with Gasteiger partial charge < -0.3 is 9.84 Å². The highest BCUT2D eigenvalue weighted by Gasteiger charge is 2.27. The number of ether oxygens (including phenoxy) is 1. The Kier molecular flexibility index (Phi) is 5.79. The van der Waals surface area contributed by atoms with Crippen LogP contribution in [0.15, 0.2) is 18.2 Å². The summed E-state index contributed by atoms with van der Waals surface area (Å²) in [6, 6.07) is 4.65. The molecule has 0 heterocycles. The Bertz CT molecular complexity index is 473. The lowest BCUT2D eigenvalue weighted by Crippen LogP contribution is -2.42. The first-order valence-electron chi connectivity index (χ1n) is 7.09. The molecule has 1 fully saturated rings. The lowest BCUT2D eigenvalue weighted by Gasteiger charge is -2.35. The topological polar surface area (TPSA) is 32.7 Å². The van der Waals surface area contributed by atoms with Gasteiger partial charge in [-0.1, -0.05) is 24.4 Å².